The Labute approximate surface area is 203 Å². The number of nitrogens with one attached hydrogen (secondary N) is 1. The van der Waals surface area contributed by atoms with Crippen molar-refractivity contribution in [1.29, 1.82) is 0 Å². The van der Waals surface area contributed by atoms with Crippen molar-refractivity contribution in [2.75, 3.05) is 7.11 Å². The van der Waals surface area contributed by atoms with Gasteiger partial charge in [0.15, 0.2) is 11.5 Å². The first-order valence-corrected chi connectivity index (χ1v) is 10.4. The quantitative estimate of drug-likeness (QED) is 0.232. The van der Waals surface area contributed by atoms with Crippen molar-refractivity contribution in [2.45, 2.75) is 6.61 Å². The molecule has 0 aliphatic carbocycles. The fraction of sp³-hybridized carbons (Fsp3) is 0.0909. The summed E-state index contributed by atoms with van der Waals surface area (Å²) in [4.78, 5) is 22.5. The van der Waals surface area contributed by atoms with E-state index in [-0.39, 0.29) is 22.9 Å². The average Bonchev–Trinajstić information content (AvgIpc) is 2.79. The van der Waals surface area contributed by atoms with Gasteiger partial charge in [-0.05, 0) is 35.9 Å². The number of methoxy groups -OCH3 is 1. The number of hydrazone groups is 1. The van der Waals surface area contributed by atoms with Gasteiger partial charge in [-0.3, -0.25) is 14.9 Å². The minimum atomic E-state index is -0.604. The van der Waals surface area contributed by atoms with Crippen molar-refractivity contribution in [3.63, 3.8) is 0 Å². The third-order valence-electron chi connectivity index (χ3n) is 4.34. The van der Waals surface area contributed by atoms with Crippen molar-refractivity contribution in [1.82, 2.24) is 5.43 Å². The number of hydrogen-bond acceptors (Lipinski definition) is 6. The van der Waals surface area contributed by atoms with Crippen LogP contribution >= 0.6 is 34.8 Å². The molecular formula is C22H16Cl3N3O5. The van der Waals surface area contributed by atoms with Gasteiger partial charge >= 0.3 is 0 Å². The molecule has 8 nitrogen and oxygen atoms in total. The zero-order valence-electron chi connectivity index (χ0n) is 17.1. The van der Waals surface area contributed by atoms with Crippen molar-refractivity contribution in [3.05, 3.63) is 96.5 Å². The molecule has 0 saturated carbocycles. The van der Waals surface area contributed by atoms with E-state index in [1.54, 1.807) is 30.3 Å². The van der Waals surface area contributed by atoms with E-state index < -0.39 is 10.8 Å². The van der Waals surface area contributed by atoms with Crippen LogP contribution in [0, 0.1) is 10.1 Å². The van der Waals surface area contributed by atoms with Crippen LogP contribution in [-0.2, 0) is 6.61 Å². The number of nitro groups is 1. The van der Waals surface area contributed by atoms with Crippen LogP contribution in [0.5, 0.6) is 11.5 Å². The summed E-state index contributed by atoms with van der Waals surface area (Å²) in [5.74, 6) is 0.0508. The zero-order chi connectivity index (χ0) is 24.0. The van der Waals surface area contributed by atoms with E-state index in [2.05, 4.69) is 10.5 Å². The van der Waals surface area contributed by atoms with Gasteiger partial charge in [0.2, 0.25) is 0 Å². The monoisotopic (exact) mass is 507 g/mol. The molecule has 1 N–H and O–H groups in total. The van der Waals surface area contributed by atoms with E-state index in [1.165, 1.54) is 31.5 Å². The molecule has 0 fully saturated rings. The third-order valence-corrected chi connectivity index (χ3v) is 5.21. The fourth-order valence-corrected chi connectivity index (χ4v) is 3.47. The van der Waals surface area contributed by atoms with E-state index >= 15 is 0 Å². The van der Waals surface area contributed by atoms with Crippen LogP contribution in [0.4, 0.5) is 5.69 Å². The maximum atomic E-state index is 12.2. The number of rotatable bonds is 8. The van der Waals surface area contributed by atoms with Crippen molar-refractivity contribution < 1.29 is 19.2 Å². The molecule has 33 heavy (non-hydrogen) atoms. The summed E-state index contributed by atoms with van der Waals surface area (Å²) in [6, 6.07) is 13.6. The lowest BCUT2D eigenvalue weighted by molar-refractivity contribution is -0.384. The summed E-state index contributed by atoms with van der Waals surface area (Å²) in [7, 11) is 1.46. The van der Waals surface area contributed by atoms with Gasteiger partial charge in [0.25, 0.3) is 11.6 Å². The molecule has 3 rings (SSSR count). The molecule has 0 saturated heterocycles. The van der Waals surface area contributed by atoms with Gasteiger partial charge in [-0.1, -0.05) is 46.9 Å². The first kappa shape index (κ1) is 24.3. The Morgan fingerprint density at radius 2 is 1.91 bits per heavy atom. The van der Waals surface area contributed by atoms with Gasteiger partial charge in [-0.2, -0.15) is 5.10 Å². The first-order valence-electron chi connectivity index (χ1n) is 9.30. The average molecular weight is 509 g/mol. The van der Waals surface area contributed by atoms with Crippen molar-refractivity contribution >= 4 is 52.6 Å². The number of nitrogens with zero attached hydrogens (tertiary/aromatic N) is 2. The van der Waals surface area contributed by atoms with Crippen molar-refractivity contribution in [3.8, 4) is 11.5 Å². The Bertz CT molecular complexity index is 1230. The second kappa shape index (κ2) is 11.0. The molecular weight excluding hydrogens is 493 g/mol. The largest absolute Gasteiger partial charge is 0.493 e. The van der Waals surface area contributed by atoms with E-state index in [4.69, 9.17) is 44.3 Å². The Hall–Kier alpha value is -3.33. The number of carbonyl (C=O) groups excluding carboxylic acids is 1. The molecule has 0 bridgehead atoms. The lowest BCUT2D eigenvalue weighted by atomic mass is 10.2. The molecule has 11 heteroatoms. The lowest BCUT2D eigenvalue weighted by Crippen LogP contribution is -2.17. The highest BCUT2D eigenvalue weighted by Gasteiger charge is 2.14. The number of amides is 1. The maximum Gasteiger partial charge on any atom is 0.271 e. The standard InChI is InChI=1S/C22H16Cl3N3O5/c1-32-20-8-13(11-26-27-22(29)14-3-2-4-17(9-14)28(30)31)7-19(25)21(20)33-12-15-5-6-16(23)10-18(15)24/h2-11H,12H2,1H3,(H,27,29)/b26-11-. The highest BCUT2D eigenvalue weighted by molar-refractivity contribution is 6.35. The summed E-state index contributed by atoms with van der Waals surface area (Å²) in [5.41, 5.74) is 3.45. The summed E-state index contributed by atoms with van der Waals surface area (Å²) >= 11 is 18.4. The normalized spacial score (nSPS) is 10.8. The van der Waals surface area contributed by atoms with E-state index in [0.717, 1.165) is 6.07 Å². The first-order chi connectivity index (χ1) is 15.8. The summed E-state index contributed by atoms with van der Waals surface area (Å²) in [6.07, 6.45) is 1.35. The minimum Gasteiger partial charge on any atom is -0.493 e. The molecule has 0 atom stereocenters. The minimum absolute atomic E-state index is 0.0987. The summed E-state index contributed by atoms with van der Waals surface area (Å²) in [5, 5.41) is 16.0. The van der Waals surface area contributed by atoms with Crippen LogP contribution in [0.25, 0.3) is 0 Å². The number of hydrogen-bond donors (Lipinski definition) is 1. The van der Waals surface area contributed by atoms with E-state index in [0.29, 0.717) is 32.7 Å². The van der Waals surface area contributed by atoms with Gasteiger partial charge in [-0.15, -0.1) is 0 Å². The Morgan fingerprint density at radius 3 is 2.61 bits per heavy atom. The highest BCUT2D eigenvalue weighted by atomic mass is 35.5. The van der Waals surface area contributed by atoms with Gasteiger partial charge in [-0.25, -0.2) is 5.43 Å². The molecule has 0 unspecified atom stereocenters. The smallest absolute Gasteiger partial charge is 0.271 e. The number of non-ortho nitro benzene ring substituents is 1. The van der Waals surface area contributed by atoms with Crippen LogP contribution in [0.2, 0.25) is 15.1 Å². The van der Waals surface area contributed by atoms with E-state index in [9.17, 15) is 14.9 Å². The molecule has 170 valence electrons. The Kier molecular flexibility index (Phi) is 8.11. The molecule has 0 radical (unpaired) electrons. The van der Waals surface area contributed by atoms with Crippen molar-refractivity contribution in [2.24, 2.45) is 5.10 Å². The molecule has 3 aromatic rings. The van der Waals surface area contributed by atoms with Crippen LogP contribution in [0.15, 0.2) is 59.7 Å². The summed E-state index contributed by atoms with van der Waals surface area (Å²) in [6.45, 7) is 0.138. The SMILES string of the molecule is COc1cc(/C=N\NC(=O)c2cccc([N+](=O)[O-])c2)cc(Cl)c1OCc1ccc(Cl)cc1Cl. The van der Waals surface area contributed by atoms with Crippen LogP contribution in [0.3, 0.4) is 0 Å². The zero-order valence-corrected chi connectivity index (χ0v) is 19.3. The lowest BCUT2D eigenvalue weighted by Gasteiger charge is -2.14. The maximum absolute atomic E-state index is 12.2. The Balaban J connectivity index is 1.71. The summed E-state index contributed by atoms with van der Waals surface area (Å²) < 4.78 is 11.2. The van der Waals surface area contributed by atoms with Gasteiger partial charge in [0, 0.05) is 33.3 Å². The topological polar surface area (TPSA) is 103 Å². The van der Waals surface area contributed by atoms with E-state index in [1.807, 2.05) is 0 Å². The predicted molar refractivity (Wildman–Crippen MR) is 127 cm³/mol. The number of carbonyl (C=O) groups is 1. The molecule has 0 aliphatic rings. The van der Waals surface area contributed by atoms with Crippen LogP contribution in [-0.4, -0.2) is 24.2 Å². The molecule has 0 heterocycles. The van der Waals surface area contributed by atoms with Gasteiger partial charge < -0.3 is 9.47 Å². The van der Waals surface area contributed by atoms with Crippen LogP contribution in [0.1, 0.15) is 21.5 Å². The second-order valence-corrected chi connectivity index (χ2v) is 7.82. The van der Waals surface area contributed by atoms with Gasteiger partial charge in [0.1, 0.15) is 6.61 Å². The van der Waals surface area contributed by atoms with Gasteiger partial charge in [0.05, 0.1) is 23.3 Å². The number of nitro benzene ring substituents is 1. The highest BCUT2D eigenvalue weighted by Crippen LogP contribution is 2.37. The number of halogens is 3. The van der Waals surface area contributed by atoms with Crippen LogP contribution < -0.4 is 14.9 Å². The molecule has 0 aliphatic heterocycles. The third kappa shape index (κ3) is 6.35. The molecule has 3 aromatic carbocycles. The predicted octanol–water partition coefficient (Wildman–Crippen LogP) is 5.91. The number of ether oxygens (including phenoxy) is 2. The Morgan fingerprint density at radius 1 is 1.12 bits per heavy atom. The molecule has 1 amide bonds. The molecule has 0 aromatic heterocycles. The molecule has 0 spiro atoms. The number of benzene rings is 3. The fourth-order valence-electron chi connectivity index (χ4n) is 2.73. The second-order valence-electron chi connectivity index (χ2n) is 6.57.